The number of para-hydroxylation sites is 1. The summed E-state index contributed by atoms with van der Waals surface area (Å²) >= 11 is 0. The highest BCUT2D eigenvalue weighted by atomic mass is 16.7. The van der Waals surface area contributed by atoms with Crippen LogP contribution in [0.4, 0.5) is 0 Å². The minimum atomic E-state index is -1.57. The van der Waals surface area contributed by atoms with Crippen molar-refractivity contribution in [1.82, 2.24) is 0 Å². The van der Waals surface area contributed by atoms with Gasteiger partial charge >= 0.3 is 5.97 Å². The van der Waals surface area contributed by atoms with Crippen LogP contribution in [0.2, 0.25) is 0 Å². The highest BCUT2D eigenvalue weighted by Crippen LogP contribution is 2.27. The van der Waals surface area contributed by atoms with Gasteiger partial charge in [-0.15, -0.1) is 0 Å². The fourth-order valence-electron chi connectivity index (χ4n) is 2.84. The van der Waals surface area contributed by atoms with Gasteiger partial charge in [0, 0.05) is 5.56 Å². The molecule has 8 heteroatoms. The maximum atomic E-state index is 12.1. The van der Waals surface area contributed by atoms with E-state index in [9.17, 15) is 25.2 Å². The van der Waals surface area contributed by atoms with E-state index >= 15 is 0 Å². The number of rotatable bonds is 6. The van der Waals surface area contributed by atoms with Crippen LogP contribution in [0.1, 0.15) is 15.9 Å². The van der Waals surface area contributed by atoms with Crippen molar-refractivity contribution in [2.75, 3.05) is 6.61 Å². The van der Waals surface area contributed by atoms with Crippen LogP contribution in [0.5, 0.6) is 5.75 Å². The molecule has 0 spiro atoms. The first-order chi connectivity index (χ1) is 13.5. The predicted octanol–water partition coefficient (Wildman–Crippen LogP) is 0.222. The summed E-state index contributed by atoms with van der Waals surface area (Å²) in [6.07, 6.45) is -7.03. The minimum Gasteiger partial charge on any atom is -0.462 e. The largest absolute Gasteiger partial charge is 0.462 e. The molecule has 1 saturated heterocycles. The van der Waals surface area contributed by atoms with E-state index in [2.05, 4.69) is 0 Å². The summed E-state index contributed by atoms with van der Waals surface area (Å²) in [6, 6.07) is 14.9. The molecule has 4 N–H and O–H groups in total. The zero-order chi connectivity index (χ0) is 20.1. The molecule has 1 aliphatic rings. The zero-order valence-corrected chi connectivity index (χ0v) is 14.9. The molecule has 0 radical (unpaired) electrons. The van der Waals surface area contributed by atoms with Crippen molar-refractivity contribution in [3.8, 4) is 5.75 Å². The number of hydrogen-bond donors (Lipinski definition) is 4. The molecule has 1 fully saturated rings. The summed E-state index contributed by atoms with van der Waals surface area (Å²) in [5.41, 5.74) is 0.795. The third-order valence-corrected chi connectivity index (χ3v) is 4.44. The van der Waals surface area contributed by atoms with Crippen LogP contribution in [-0.2, 0) is 16.1 Å². The maximum absolute atomic E-state index is 12.1. The number of carbonyl (C=O) groups is 1. The van der Waals surface area contributed by atoms with Crippen LogP contribution in [0.15, 0.2) is 54.6 Å². The van der Waals surface area contributed by atoms with Crippen molar-refractivity contribution >= 4 is 5.97 Å². The van der Waals surface area contributed by atoms with Gasteiger partial charge in [-0.3, -0.25) is 0 Å². The Bertz CT molecular complexity index is 781. The smallest absolute Gasteiger partial charge is 0.338 e. The number of benzene rings is 2. The van der Waals surface area contributed by atoms with E-state index in [0.717, 1.165) is 0 Å². The van der Waals surface area contributed by atoms with Gasteiger partial charge in [0.25, 0.3) is 0 Å². The van der Waals surface area contributed by atoms with Crippen LogP contribution in [0.25, 0.3) is 0 Å². The normalized spacial score (nSPS) is 27.2. The van der Waals surface area contributed by atoms with Gasteiger partial charge in [0.05, 0.1) is 12.2 Å². The van der Waals surface area contributed by atoms with Gasteiger partial charge in [0.15, 0.2) is 0 Å². The van der Waals surface area contributed by atoms with E-state index in [0.29, 0.717) is 11.1 Å². The Morgan fingerprint density at radius 3 is 2.32 bits per heavy atom. The van der Waals surface area contributed by atoms with E-state index in [1.54, 1.807) is 54.6 Å². The first kappa shape index (κ1) is 20.2. The molecular weight excluding hydrogens is 368 g/mol. The van der Waals surface area contributed by atoms with Gasteiger partial charge in [-0.2, -0.15) is 0 Å². The summed E-state index contributed by atoms with van der Waals surface area (Å²) in [4.78, 5) is 12.1. The summed E-state index contributed by atoms with van der Waals surface area (Å²) in [5.74, 6) is -0.349. The Labute approximate surface area is 161 Å². The van der Waals surface area contributed by atoms with Crippen molar-refractivity contribution in [2.24, 2.45) is 0 Å². The number of esters is 1. The second kappa shape index (κ2) is 9.13. The molecule has 0 bridgehead atoms. The quantitative estimate of drug-likeness (QED) is 0.516. The average molecular weight is 390 g/mol. The lowest BCUT2D eigenvalue weighted by Gasteiger charge is -2.40. The van der Waals surface area contributed by atoms with E-state index in [-0.39, 0.29) is 19.0 Å². The highest BCUT2D eigenvalue weighted by molar-refractivity contribution is 5.89. The lowest BCUT2D eigenvalue weighted by Crippen LogP contribution is -2.60. The second-order valence-electron chi connectivity index (χ2n) is 6.36. The molecule has 1 heterocycles. The third kappa shape index (κ3) is 4.49. The zero-order valence-electron chi connectivity index (χ0n) is 14.9. The number of hydrogen-bond acceptors (Lipinski definition) is 8. The summed E-state index contributed by atoms with van der Waals surface area (Å²) in [5, 5.41) is 39.8. The maximum Gasteiger partial charge on any atom is 0.338 e. The lowest BCUT2D eigenvalue weighted by molar-refractivity contribution is -0.277. The molecule has 0 amide bonds. The standard InChI is InChI=1S/C20H22O8/c21-10-13-8-4-5-9-14(13)27-20-18(24)17(23)16(22)15(28-20)11-26-19(25)12-6-2-1-3-7-12/h1-9,15-18,20-24H,10-11H2/t15-,16-,17-,18-,20+/m0/s1. The van der Waals surface area contributed by atoms with E-state index in [1.165, 1.54) is 0 Å². The molecule has 0 unspecified atom stereocenters. The van der Waals surface area contributed by atoms with Crippen LogP contribution >= 0.6 is 0 Å². The molecule has 2 aromatic rings. The summed E-state index contributed by atoms with van der Waals surface area (Å²) in [7, 11) is 0. The molecule has 0 saturated carbocycles. The molecule has 1 aliphatic heterocycles. The Morgan fingerprint density at radius 1 is 0.929 bits per heavy atom. The Morgan fingerprint density at radius 2 is 1.61 bits per heavy atom. The van der Waals surface area contributed by atoms with Gasteiger partial charge in [0.1, 0.15) is 36.8 Å². The Hall–Kier alpha value is -2.49. The SMILES string of the molecule is O=C(OC[C@@H]1O[C@@H](Oc2ccccc2CO)[C@@H](O)[C@@H](O)[C@H]1O)c1ccccc1. The minimum absolute atomic E-state index is 0.262. The summed E-state index contributed by atoms with van der Waals surface area (Å²) < 4.78 is 16.3. The lowest BCUT2D eigenvalue weighted by atomic mass is 9.99. The molecule has 0 aliphatic carbocycles. The van der Waals surface area contributed by atoms with E-state index in [4.69, 9.17) is 14.2 Å². The number of aliphatic hydroxyl groups excluding tert-OH is 4. The van der Waals surface area contributed by atoms with Crippen molar-refractivity contribution in [3.63, 3.8) is 0 Å². The fourth-order valence-corrected chi connectivity index (χ4v) is 2.84. The molecule has 28 heavy (non-hydrogen) atoms. The first-order valence-electron chi connectivity index (χ1n) is 8.78. The number of carbonyl (C=O) groups excluding carboxylic acids is 1. The summed E-state index contributed by atoms with van der Waals surface area (Å²) in [6.45, 7) is -0.636. The van der Waals surface area contributed by atoms with E-state index < -0.39 is 36.7 Å². The number of aliphatic hydroxyl groups is 4. The first-order valence-corrected chi connectivity index (χ1v) is 8.78. The molecule has 2 aromatic carbocycles. The van der Waals surface area contributed by atoms with Gasteiger partial charge in [-0.25, -0.2) is 4.79 Å². The molecule has 150 valence electrons. The molecule has 3 rings (SSSR count). The fraction of sp³-hybridized carbons (Fsp3) is 0.350. The van der Waals surface area contributed by atoms with Gasteiger partial charge in [-0.1, -0.05) is 36.4 Å². The Kier molecular flexibility index (Phi) is 6.61. The van der Waals surface area contributed by atoms with Crippen LogP contribution < -0.4 is 4.74 Å². The highest BCUT2D eigenvalue weighted by Gasteiger charge is 2.45. The van der Waals surface area contributed by atoms with Crippen LogP contribution in [-0.4, -0.2) is 63.7 Å². The van der Waals surface area contributed by atoms with Crippen molar-refractivity contribution < 1.29 is 39.4 Å². The average Bonchev–Trinajstić information content (AvgIpc) is 2.74. The molecule has 8 nitrogen and oxygen atoms in total. The van der Waals surface area contributed by atoms with Crippen molar-refractivity contribution in [2.45, 2.75) is 37.3 Å². The topological polar surface area (TPSA) is 126 Å². The Balaban J connectivity index is 1.67. The van der Waals surface area contributed by atoms with Gasteiger partial charge < -0.3 is 34.6 Å². The predicted molar refractivity (Wildman–Crippen MR) is 96.4 cm³/mol. The molecule has 0 aromatic heterocycles. The van der Waals surface area contributed by atoms with Crippen LogP contribution in [0.3, 0.4) is 0 Å². The molecule has 5 atom stereocenters. The van der Waals surface area contributed by atoms with Gasteiger partial charge in [-0.05, 0) is 18.2 Å². The third-order valence-electron chi connectivity index (χ3n) is 4.44. The number of ether oxygens (including phenoxy) is 3. The van der Waals surface area contributed by atoms with E-state index in [1.807, 2.05) is 0 Å². The molecular formula is C20H22O8. The van der Waals surface area contributed by atoms with Crippen molar-refractivity contribution in [3.05, 3.63) is 65.7 Å². The van der Waals surface area contributed by atoms with Crippen LogP contribution in [0, 0.1) is 0 Å². The van der Waals surface area contributed by atoms with Gasteiger partial charge in [0.2, 0.25) is 6.29 Å². The second-order valence-corrected chi connectivity index (χ2v) is 6.36. The monoisotopic (exact) mass is 390 g/mol. The van der Waals surface area contributed by atoms with Crippen molar-refractivity contribution in [1.29, 1.82) is 0 Å².